The third-order valence-corrected chi connectivity index (χ3v) is 5.39. The second kappa shape index (κ2) is 7.44. The number of rotatable bonds is 5. The summed E-state index contributed by atoms with van der Waals surface area (Å²) in [6, 6.07) is 29.1. The fraction of sp³-hybridized carbons (Fsp3) is 0.115. The average molecular weight is 378 g/mol. The van der Waals surface area contributed by atoms with Gasteiger partial charge in [-0.1, -0.05) is 60.7 Å². The Balaban J connectivity index is 1.46. The lowest BCUT2D eigenvalue weighted by Crippen LogP contribution is -2.06. The molecule has 142 valence electrons. The standard InChI is InChI=1S/C26H22N2O/c1-19-26-24(14-15-28(19)17-20-8-4-2-5-9-20)23-13-12-22(16-25(23)27-26)29-18-21-10-6-3-7-11-21/h2-16H,17-18H2,1H3. The van der Waals surface area contributed by atoms with E-state index < -0.39 is 0 Å². The molecule has 2 aliphatic heterocycles. The van der Waals surface area contributed by atoms with E-state index in [-0.39, 0.29) is 0 Å². The Labute approximate surface area is 170 Å². The number of pyridine rings is 1. The SMILES string of the molecule is Cc1c2nc3cc(OCc4ccccc4)ccc3c-2ccn1Cc1ccccc1. The molecule has 0 aromatic heterocycles. The number of aromatic nitrogens is 2. The van der Waals surface area contributed by atoms with Crippen molar-refractivity contribution < 1.29 is 4.74 Å². The van der Waals surface area contributed by atoms with Crippen LogP contribution >= 0.6 is 0 Å². The van der Waals surface area contributed by atoms with E-state index in [1.807, 2.05) is 36.4 Å². The monoisotopic (exact) mass is 378 g/mol. The van der Waals surface area contributed by atoms with Crippen molar-refractivity contribution in [2.24, 2.45) is 0 Å². The van der Waals surface area contributed by atoms with Gasteiger partial charge in [0.15, 0.2) is 0 Å². The van der Waals surface area contributed by atoms with E-state index in [2.05, 4.69) is 66.2 Å². The molecule has 0 amide bonds. The highest BCUT2D eigenvalue weighted by molar-refractivity contribution is 5.98. The Morgan fingerprint density at radius 3 is 2.31 bits per heavy atom. The van der Waals surface area contributed by atoms with Crippen molar-refractivity contribution >= 4 is 10.9 Å². The molecule has 0 radical (unpaired) electrons. The van der Waals surface area contributed by atoms with Crippen LogP contribution in [0.4, 0.5) is 0 Å². The summed E-state index contributed by atoms with van der Waals surface area (Å²) in [6.07, 6.45) is 2.16. The van der Waals surface area contributed by atoms with E-state index in [0.717, 1.165) is 29.1 Å². The van der Waals surface area contributed by atoms with Gasteiger partial charge in [0.25, 0.3) is 0 Å². The Hall–Kier alpha value is -3.59. The minimum atomic E-state index is 0.558. The Kier molecular flexibility index (Phi) is 4.49. The molecular formula is C26H22N2O. The van der Waals surface area contributed by atoms with Crippen LogP contribution in [0.1, 0.15) is 16.8 Å². The molecule has 3 aromatic rings. The molecule has 29 heavy (non-hydrogen) atoms. The fourth-order valence-corrected chi connectivity index (χ4v) is 3.78. The van der Waals surface area contributed by atoms with Gasteiger partial charge in [-0.05, 0) is 36.2 Å². The van der Waals surface area contributed by atoms with Gasteiger partial charge in [-0.2, -0.15) is 0 Å². The predicted octanol–water partition coefficient (Wildman–Crippen LogP) is 6.08. The molecule has 0 saturated heterocycles. The fourth-order valence-electron chi connectivity index (χ4n) is 3.78. The van der Waals surface area contributed by atoms with Gasteiger partial charge in [0, 0.05) is 35.5 Å². The Morgan fingerprint density at radius 2 is 1.55 bits per heavy atom. The first-order valence-corrected chi connectivity index (χ1v) is 9.88. The van der Waals surface area contributed by atoms with Crippen LogP contribution in [0.2, 0.25) is 0 Å². The number of fused-ring (bicyclic) bond motifs is 3. The van der Waals surface area contributed by atoms with Crippen molar-refractivity contribution in [3.8, 4) is 17.0 Å². The van der Waals surface area contributed by atoms with Crippen molar-refractivity contribution in [3.63, 3.8) is 0 Å². The molecule has 3 heteroatoms. The summed E-state index contributed by atoms with van der Waals surface area (Å²) in [4.78, 5) is 4.93. The van der Waals surface area contributed by atoms with Crippen molar-refractivity contribution in [1.29, 1.82) is 0 Å². The molecule has 2 aliphatic rings. The van der Waals surface area contributed by atoms with Gasteiger partial charge in [0.1, 0.15) is 12.4 Å². The Bertz CT molecular complexity index is 1230. The van der Waals surface area contributed by atoms with Crippen LogP contribution in [0.5, 0.6) is 5.75 Å². The molecule has 0 saturated carbocycles. The molecule has 0 unspecified atom stereocenters. The summed E-state index contributed by atoms with van der Waals surface area (Å²) >= 11 is 0. The number of nitrogens with zero attached hydrogens (tertiary/aromatic N) is 2. The van der Waals surface area contributed by atoms with Crippen LogP contribution in [0, 0.1) is 6.92 Å². The molecule has 3 aromatic carbocycles. The molecule has 0 aliphatic carbocycles. The molecule has 0 spiro atoms. The molecule has 0 bridgehead atoms. The number of ether oxygens (including phenoxy) is 1. The highest BCUT2D eigenvalue weighted by Gasteiger charge is 2.16. The maximum absolute atomic E-state index is 5.98. The summed E-state index contributed by atoms with van der Waals surface area (Å²) in [6.45, 7) is 3.55. The third-order valence-electron chi connectivity index (χ3n) is 5.39. The second-order valence-electron chi connectivity index (χ2n) is 7.34. The maximum atomic E-state index is 5.98. The van der Waals surface area contributed by atoms with E-state index in [9.17, 15) is 0 Å². The van der Waals surface area contributed by atoms with E-state index in [1.54, 1.807) is 0 Å². The molecule has 0 N–H and O–H groups in total. The summed E-state index contributed by atoms with van der Waals surface area (Å²) in [7, 11) is 0. The number of benzene rings is 3. The predicted molar refractivity (Wildman–Crippen MR) is 117 cm³/mol. The van der Waals surface area contributed by atoms with E-state index in [0.29, 0.717) is 6.61 Å². The van der Waals surface area contributed by atoms with Crippen LogP contribution in [0.15, 0.2) is 91.1 Å². The van der Waals surface area contributed by atoms with Crippen LogP contribution in [-0.2, 0) is 13.2 Å². The van der Waals surface area contributed by atoms with Gasteiger partial charge >= 0.3 is 0 Å². The van der Waals surface area contributed by atoms with Crippen LogP contribution in [0.25, 0.3) is 22.2 Å². The second-order valence-corrected chi connectivity index (χ2v) is 7.34. The lowest BCUT2D eigenvalue weighted by molar-refractivity contribution is 0.306. The molecule has 5 rings (SSSR count). The van der Waals surface area contributed by atoms with Crippen molar-refractivity contribution in [3.05, 3.63) is 108 Å². The molecule has 0 atom stereocenters. The van der Waals surface area contributed by atoms with Gasteiger partial charge in [-0.15, -0.1) is 0 Å². The van der Waals surface area contributed by atoms with Gasteiger partial charge in [-0.25, -0.2) is 4.98 Å². The highest BCUT2D eigenvalue weighted by atomic mass is 16.5. The molecule has 0 fully saturated rings. The number of hydrogen-bond acceptors (Lipinski definition) is 2. The van der Waals surface area contributed by atoms with Crippen molar-refractivity contribution in [2.75, 3.05) is 0 Å². The third kappa shape index (κ3) is 3.47. The van der Waals surface area contributed by atoms with Gasteiger partial charge in [0.2, 0.25) is 0 Å². The maximum Gasteiger partial charge on any atom is 0.122 e. The summed E-state index contributed by atoms with van der Waals surface area (Å²) < 4.78 is 8.24. The topological polar surface area (TPSA) is 27.1 Å². The first-order chi connectivity index (χ1) is 14.3. The van der Waals surface area contributed by atoms with Crippen molar-refractivity contribution in [2.45, 2.75) is 20.1 Å². The Morgan fingerprint density at radius 1 is 0.828 bits per heavy atom. The smallest absolute Gasteiger partial charge is 0.122 e. The first-order valence-electron chi connectivity index (χ1n) is 9.88. The zero-order valence-electron chi connectivity index (χ0n) is 16.4. The summed E-state index contributed by atoms with van der Waals surface area (Å²) in [5, 5.41) is 1.17. The average Bonchev–Trinajstić information content (AvgIpc) is 3.14. The summed E-state index contributed by atoms with van der Waals surface area (Å²) in [5.41, 5.74) is 6.84. The minimum Gasteiger partial charge on any atom is -0.489 e. The van der Waals surface area contributed by atoms with Gasteiger partial charge in [0.05, 0.1) is 11.2 Å². The highest BCUT2D eigenvalue weighted by Crippen LogP contribution is 2.35. The molecule has 3 nitrogen and oxygen atoms in total. The zero-order chi connectivity index (χ0) is 19.6. The normalized spacial score (nSPS) is 11.2. The largest absolute Gasteiger partial charge is 0.489 e. The minimum absolute atomic E-state index is 0.558. The van der Waals surface area contributed by atoms with E-state index in [4.69, 9.17) is 9.72 Å². The van der Waals surface area contributed by atoms with Gasteiger partial charge < -0.3 is 9.30 Å². The zero-order valence-corrected chi connectivity index (χ0v) is 16.4. The lowest BCUT2D eigenvalue weighted by Gasteiger charge is -2.14. The van der Waals surface area contributed by atoms with Gasteiger partial charge in [-0.3, -0.25) is 0 Å². The molecule has 2 heterocycles. The first kappa shape index (κ1) is 17.5. The number of hydrogen-bond donors (Lipinski definition) is 0. The van der Waals surface area contributed by atoms with Crippen LogP contribution in [0.3, 0.4) is 0 Å². The van der Waals surface area contributed by atoms with Crippen LogP contribution < -0.4 is 4.74 Å². The van der Waals surface area contributed by atoms with E-state index >= 15 is 0 Å². The quantitative estimate of drug-likeness (QED) is 0.371. The van der Waals surface area contributed by atoms with Crippen LogP contribution in [-0.4, -0.2) is 9.55 Å². The van der Waals surface area contributed by atoms with E-state index in [1.165, 1.54) is 22.2 Å². The van der Waals surface area contributed by atoms with Crippen molar-refractivity contribution in [1.82, 2.24) is 9.55 Å². The lowest BCUT2D eigenvalue weighted by atomic mass is 10.1. The summed E-state index contributed by atoms with van der Waals surface area (Å²) in [5.74, 6) is 0.846. The molecular weight excluding hydrogens is 356 g/mol.